The maximum atomic E-state index is 12.5. The second kappa shape index (κ2) is 8.16. The molecular weight excluding hydrogens is 336 g/mol. The molecule has 1 amide bonds. The molecule has 2 heterocycles. The summed E-state index contributed by atoms with van der Waals surface area (Å²) >= 11 is 1.40. The summed E-state index contributed by atoms with van der Waals surface area (Å²) in [5, 5.41) is 0.569. The zero-order valence-electron chi connectivity index (χ0n) is 14.1. The summed E-state index contributed by atoms with van der Waals surface area (Å²) in [4.78, 5) is 31.9. The smallest absolute Gasteiger partial charge is 0.341 e. The van der Waals surface area contributed by atoms with Crippen LogP contribution in [0.15, 0.2) is 58.6 Å². The largest absolute Gasteiger partial charge is 0.449 e. The maximum Gasteiger partial charge on any atom is 0.341 e. The number of nitrogens with zero attached hydrogens (tertiary/aromatic N) is 2. The van der Waals surface area contributed by atoms with Crippen molar-refractivity contribution in [1.29, 1.82) is 0 Å². The molecule has 0 saturated carbocycles. The zero-order valence-corrected chi connectivity index (χ0v) is 14.9. The minimum absolute atomic E-state index is 0.132. The van der Waals surface area contributed by atoms with E-state index in [1.807, 2.05) is 30.3 Å². The summed E-state index contributed by atoms with van der Waals surface area (Å²) in [6, 6.07) is 13.1. The predicted molar refractivity (Wildman–Crippen MR) is 95.5 cm³/mol. The number of carbonyl (C=O) groups is 2. The van der Waals surface area contributed by atoms with Crippen LogP contribution in [0, 0.1) is 0 Å². The molecule has 0 bridgehead atoms. The van der Waals surface area contributed by atoms with Crippen LogP contribution in [-0.2, 0) is 9.53 Å². The maximum absolute atomic E-state index is 12.5. The highest BCUT2D eigenvalue weighted by Gasteiger charge is 2.27. The number of rotatable bonds is 5. The Labute approximate surface area is 151 Å². The van der Waals surface area contributed by atoms with Crippen molar-refractivity contribution in [2.45, 2.75) is 35.8 Å². The van der Waals surface area contributed by atoms with Gasteiger partial charge in [-0.2, -0.15) is 0 Å². The number of hydrogen-bond donors (Lipinski definition) is 0. The molecule has 1 atom stereocenters. The van der Waals surface area contributed by atoms with Gasteiger partial charge in [0, 0.05) is 24.2 Å². The van der Waals surface area contributed by atoms with E-state index in [1.54, 1.807) is 30.2 Å². The highest BCUT2D eigenvalue weighted by Crippen LogP contribution is 2.28. The van der Waals surface area contributed by atoms with Gasteiger partial charge in [0.2, 0.25) is 0 Å². The highest BCUT2D eigenvalue weighted by atomic mass is 32.2. The van der Waals surface area contributed by atoms with Crippen molar-refractivity contribution in [3.8, 4) is 0 Å². The predicted octanol–water partition coefficient (Wildman–Crippen LogP) is 3.40. The molecule has 3 rings (SSSR count). The quantitative estimate of drug-likeness (QED) is 0.769. The number of aromatic nitrogens is 1. The lowest BCUT2D eigenvalue weighted by Gasteiger charge is -2.20. The minimum Gasteiger partial charge on any atom is -0.449 e. The molecular formula is C19H20N2O3S. The lowest BCUT2D eigenvalue weighted by molar-refractivity contribution is -0.138. The van der Waals surface area contributed by atoms with Gasteiger partial charge in [-0.3, -0.25) is 4.79 Å². The Balaban J connectivity index is 1.70. The molecule has 1 aliphatic rings. The van der Waals surface area contributed by atoms with Gasteiger partial charge in [0.15, 0.2) is 6.10 Å². The summed E-state index contributed by atoms with van der Waals surface area (Å²) in [5.41, 5.74) is 0.373. The average molecular weight is 356 g/mol. The molecule has 0 N–H and O–H groups in total. The Morgan fingerprint density at radius 2 is 1.84 bits per heavy atom. The monoisotopic (exact) mass is 356 g/mol. The highest BCUT2D eigenvalue weighted by molar-refractivity contribution is 7.99. The summed E-state index contributed by atoms with van der Waals surface area (Å²) in [7, 11) is 0. The lowest BCUT2D eigenvalue weighted by atomic mass is 10.3. The number of pyridine rings is 1. The summed E-state index contributed by atoms with van der Waals surface area (Å²) in [5.74, 6) is -0.654. The number of likely N-dealkylation sites (tertiary alicyclic amines) is 1. The number of amides is 1. The van der Waals surface area contributed by atoms with E-state index in [4.69, 9.17) is 4.74 Å². The van der Waals surface area contributed by atoms with E-state index in [0.29, 0.717) is 10.6 Å². The van der Waals surface area contributed by atoms with Gasteiger partial charge in [-0.15, -0.1) is 0 Å². The van der Waals surface area contributed by atoms with Crippen molar-refractivity contribution in [2.75, 3.05) is 13.1 Å². The number of hydrogen-bond acceptors (Lipinski definition) is 5. The molecule has 130 valence electrons. The minimum atomic E-state index is -0.791. The van der Waals surface area contributed by atoms with E-state index in [9.17, 15) is 9.59 Å². The Bertz CT molecular complexity index is 745. The van der Waals surface area contributed by atoms with Crippen LogP contribution < -0.4 is 0 Å². The summed E-state index contributed by atoms with van der Waals surface area (Å²) in [6.07, 6.45) is 2.86. The Morgan fingerprint density at radius 3 is 2.56 bits per heavy atom. The van der Waals surface area contributed by atoms with Gasteiger partial charge in [0.05, 0.1) is 5.56 Å². The van der Waals surface area contributed by atoms with Crippen LogP contribution in [0.2, 0.25) is 0 Å². The third-order valence-corrected chi connectivity index (χ3v) is 5.02. The van der Waals surface area contributed by atoms with Crippen molar-refractivity contribution in [1.82, 2.24) is 9.88 Å². The number of ether oxygens (including phenoxy) is 1. The average Bonchev–Trinajstić information content (AvgIpc) is 3.17. The normalized spacial score (nSPS) is 15.0. The standard InChI is InChI=1S/C19H20N2O3S/c1-14(18(22)21-12-5-6-13-21)24-19(23)16-10-7-11-20-17(16)25-15-8-3-2-4-9-15/h2-4,7-11,14H,5-6,12-13H2,1H3. The van der Waals surface area contributed by atoms with Crippen LogP contribution in [0.25, 0.3) is 0 Å². The topological polar surface area (TPSA) is 59.5 Å². The fraction of sp³-hybridized carbons (Fsp3) is 0.316. The summed E-state index contributed by atoms with van der Waals surface area (Å²) in [6.45, 7) is 3.10. The fourth-order valence-corrected chi connectivity index (χ4v) is 3.59. The third-order valence-electron chi connectivity index (χ3n) is 4.00. The van der Waals surface area contributed by atoms with Crippen LogP contribution in [0.3, 0.4) is 0 Å². The van der Waals surface area contributed by atoms with Gasteiger partial charge >= 0.3 is 5.97 Å². The van der Waals surface area contributed by atoms with E-state index >= 15 is 0 Å². The zero-order chi connectivity index (χ0) is 17.6. The van der Waals surface area contributed by atoms with E-state index in [1.165, 1.54) is 11.8 Å². The van der Waals surface area contributed by atoms with Gasteiger partial charge in [-0.25, -0.2) is 9.78 Å². The van der Waals surface area contributed by atoms with Crippen LogP contribution in [0.5, 0.6) is 0 Å². The van der Waals surface area contributed by atoms with Gasteiger partial charge in [-0.05, 0) is 44.0 Å². The van der Waals surface area contributed by atoms with E-state index in [0.717, 1.165) is 30.8 Å². The van der Waals surface area contributed by atoms with Gasteiger partial charge in [0.25, 0.3) is 5.91 Å². The summed E-state index contributed by atoms with van der Waals surface area (Å²) < 4.78 is 5.41. The van der Waals surface area contributed by atoms with E-state index < -0.39 is 12.1 Å². The Kier molecular flexibility index (Phi) is 5.71. The molecule has 0 radical (unpaired) electrons. The molecule has 1 aliphatic heterocycles. The van der Waals surface area contributed by atoms with Crippen LogP contribution in [-0.4, -0.2) is 41.0 Å². The second-order valence-electron chi connectivity index (χ2n) is 5.85. The first kappa shape index (κ1) is 17.5. The lowest BCUT2D eigenvalue weighted by Crippen LogP contribution is -2.38. The van der Waals surface area contributed by atoms with Crippen LogP contribution in [0.4, 0.5) is 0 Å². The molecule has 6 heteroatoms. The van der Waals surface area contributed by atoms with Crippen molar-refractivity contribution < 1.29 is 14.3 Å². The van der Waals surface area contributed by atoms with Crippen LogP contribution in [0.1, 0.15) is 30.1 Å². The molecule has 2 aromatic rings. The number of esters is 1. The molecule has 1 unspecified atom stereocenters. The fourth-order valence-electron chi connectivity index (χ4n) is 2.70. The first-order valence-electron chi connectivity index (χ1n) is 8.33. The van der Waals surface area contributed by atoms with Crippen LogP contribution >= 0.6 is 11.8 Å². The molecule has 0 aliphatic carbocycles. The number of carbonyl (C=O) groups excluding carboxylic acids is 2. The molecule has 0 spiro atoms. The number of benzene rings is 1. The SMILES string of the molecule is CC(OC(=O)c1cccnc1Sc1ccccc1)C(=O)N1CCCC1. The van der Waals surface area contributed by atoms with Crippen molar-refractivity contribution in [3.05, 3.63) is 54.2 Å². The van der Waals surface area contributed by atoms with Crippen molar-refractivity contribution >= 4 is 23.6 Å². The van der Waals surface area contributed by atoms with Gasteiger partial charge in [-0.1, -0.05) is 30.0 Å². The van der Waals surface area contributed by atoms with Crippen molar-refractivity contribution in [2.24, 2.45) is 0 Å². The molecule has 5 nitrogen and oxygen atoms in total. The van der Waals surface area contributed by atoms with Crippen molar-refractivity contribution in [3.63, 3.8) is 0 Å². The first-order chi connectivity index (χ1) is 12.1. The van der Waals surface area contributed by atoms with E-state index in [-0.39, 0.29) is 5.91 Å². The molecule has 1 aromatic heterocycles. The van der Waals surface area contributed by atoms with E-state index in [2.05, 4.69) is 4.98 Å². The molecule has 1 aromatic carbocycles. The Morgan fingerprint density at radius 1 is 1.12 bits per heavy atom. The first-order valence-corrected chi connectivity index (χ1v) is 9.14. The molecule has 25 heavy (non-hydrogen) atoms. The third kappa shape index (κ3) is 4.39. The molecule has 1 fully saturated rings. The van der Waals surface area contributed by atoms with Gasteiger partial charge < -0.3 is 9.64 Å². The Hall–Kier alpha value is -2.34. The molecule has 1 saturated heterocycles. The second-order valence-corrected chi connectivity index (χ2v) is 6.91. The van der Waals surface area contributed by atoms with Gasteiger partial charge in [0.1, 0.15) is 5.03 Å².